The van der Waals surface area contributed by atoms with Crippen LogP contribution in [0, 0.1) is 0 Å². The van der Waals surface area contributed by atoms with Crippen LogP contribution >= 0.6 is 59.7 Å². The Morgan fingerprint density at radius 3 is 1.65 bits per heavy atom. The third kappa shape index (κ3) is 10.6. The van der Waals surface area contributed by atoms with Crippen molar-refractivity contribution < 1.29 is 9.47 Å². The minimum atomic E-state index is 0.216. The van der Waals surface area contributed by atoms with Crippen molar-refractivity contribution >= 4 is 68.5 Å². The molecule has 0 spiro atoms. The highest BCUT2D eigenvalue weighted by Crippen LogP contribution is 2.46. The molecule has 2 heterocycles. The van der Waals surface area contributed by atoms with Gasteiger partial charge in [-0.15, -0.1) is 0 Å². The average Bonchev–Trinajstić information content (AvgIpc) is 3.17. The van der Waals surface area contributed by atoms with Crippen LogP contribution < -0.4 is 0 Å². The molecule has 0 aliphatic carbocycles. The van der Waals surface area contributed by atoms with E-state index < -0.39 is 0 Å². The predicted molar refractivity (Wildman–Crippen MR) is 151 cm³/mol. The van der Waals surface area contributed by atoms with Gasteiger partial charge in [-0.25, -0.2) is 0 Å². The molecule has 0 amide bonds. The summed E-state index contributed by atoms with van der Waals surface area (Å²) in [5, 5.41) is 2.33. The Morgan fingerprint density at radius 2 is 1.26 bits per heavy atom. The Hall–Kier alpha value is 0.570. The van der Waals surface area contributed by atoms with Crippen LogP contribution in [0.2, 0.25) is 0 Å². The van der Waals surface area contributed by atoms with Crippen molar-refractivity contribution in [3.63, 3.8) is 0 Å². The summed E-state index contributed by atoms with van der Waals surface area (Å²) in [4.78, 5) is 0. The van der Waals surface area contributed by atoms with Gasteiger partial charge in [-0.1, -0.05) is 62.4 Å². The Kier molecular flexibility index (Phi) is 13.9. The van der Waals surface area contributed by atoms with Crippen LogP contribution in [0.25, 0.3) is 0 Å². The summed E-state index contributed by atoms with van der Waals surface area (Å²) in [5.74, 6) is 0. The Balaban J connectivity index is 1.96. The van der Waals surface area contributed by atoms with Gasteiger partial charge in [0.1, 0.15) is 0 Å². The molecule has 0 saturated carbocycles. The maximum Gasteiger partial charge on any atom is 0.220 e. The lowest BCUT2D eigenvalue weighted by atomic mass is 10.0. The van der Waals surface area contributed by atoms with E-state index in [4.69, 9.17) is 33.9 Å². The molecule has 2 rings (SSSR count). The first-order chi connectivity index (χ1) is 14.9. The highest BCUT2D eigenvalue weighted by Gasteiger charge is 2.37. The van der Waals surface area contributed by atoms with Gasteiger partial charge < -0.3 is 9.47 Å². The van der Waals surface area contributed by atoms with Gasteiger partial charge in [0.15, 0.2) is 0 Å². The van der Waals surface area contributed by atoms with Crippen molar-refractivity contribution in [1.29, 1.82) is 0 Å². The molecule has 0 aromatic rings. The molecular formula is C24H40O2S5. The maximum atomic E-state index is 6.01. The van der Waals surface area contributed by atoms with Crippen LogP contribution in [0.4, 0.5) is 0 Å². The SMILES string of the molecule is CCCC(C)OC(=S)SC1CCC=CCCC(SC(=S)OC(C)CCC)C2CCC1S2. The molecule has 0 aromatic heterocycles. The van der Waals surface area contributed by atoms with Crippen LogP contribution in [0.5, 0.6) is 0 Å². The molecule has 0 N–H and O–H groups in total. The van der Waals surface area contributed by atoms with E-state index in [1.807, 2.05) is 0 Å². The second-order valence-electron chi connectivity index (χ2n) is 8.66. The van der Waals surface area contributed by atoms with Crippen molar-refractivity contribution in [2.24, 2.45) is 0 Å². The van der Waals surface area contributed by atoms with E-state index in [1.54, 1.807) is 23.5 Å². The number of allylic oxidation sites excluding steroid dienone is 2. The number of thiocarbonyl (C=S) groups is 2. The zero-order valence-electron chi connectivity index (χ0n) is 19.5. The van der Waals surface area contributed by atoms with Crippen molar-refractivity contribution in [3.05, 3.63) is 12.2 Å². The van der Waals surface area contributed by atoms with Gasteiger partial charge in [0.25, 0.3) is 0 Å². The molecule has 2 aliphatic heterocycles. The summed E-state index contributed by atoms with van der Waals surface area (Å²) in [7, 11) is 0. The number of hydrogen-bond acceptors (Lipinski definition) is 7. The lowest BCUT2D eigenvalue weighted by Gasteiger charge is -2.26. The molecular weight excluding hydrogens is 481 g/mol. The largest absolute Gasteiger partial charge is 0.476 e. The van der Waals surface area contributed by atoms with Crippen LogP contribution in [-0.2, 0) is 9.47 Å². The third-order valence-electron chi connectivity index (χ3n) is 5.80. The van der Waals surface area contributed by atoms with Crippen molar-refractivity contribution in [2.75, 3.05) is 0 Å². The quantitative estimate of drug-likeness (QED) is 0.233. The van der Waals surface area contributed by atoms with Crippen molar-refractivity contribution in [2.45, 2.75) is 125 Å². The summed E-state index contributed by atoms with van der Waals surface area (Å²) < 4.78 is 13.5. The smallest absolute Gasteiger partial charge is 0.220 e. The van der Waals surface area contributed by atoms with Crippen molar-refractivity contribution in [3.8, 4) is 0 Å². The number of rotatable bonds is 8. The first-order valence-electron chi connectivity index (χ1n) is 12.0. The van der Waals surface area contributed by atoms with Crippen LogP contribution in [0.15, 0.2) is 12.2 Å². The molecule has 0 radical (unpaired) electrons. The second kappa shape index (κ2) is 15.5. The molecule has 7 heteroatoms. The van der Waals surface area contributed by atoms with E-state index in [0.29, 0.717) is 21.0 Å². The van der Waals surface area contributed by atoms with Crippen LogP contribution in [-0.4, -0.2) is 42.0 Å². The third-order valence-corrected chi connectivity index (χ3v) is 11.1. The number of thioether (sulfide) groups is 3. The standard InChI is InChI=1S/C24H40O2S5/c1-5-11-17(3)25-23(27)30-19-13-9-7-8-10-14-20(22-16-15-21(19)29-22)31-24(28)26-18(4)12-6-2/h7-8,17-22H,5-6,9-16H2,1-4H3. The Bertz CT molecular complexity index is 534. The number of ether oxygens (including phenoxy) is 2. The van der Waals surface area contributed by atoms with Crippen molar-refractivity contribution in [1.82, 2.24) is 0 Å². The van der Waals surface area contributed by atoms with Gasteiger partial charge in [-0.05, 0) is 89.6 Å². The minimum Gasteiger partial charge on any atom is -0.476 e. The molecule has 0 aromatic carbocycles. The summed E-state index contributed by atoms with van der Waals surface area (Å²) >= 11 is 17.0. The van der Waals surface area contributed by atoms with Crippen LogP contribution in [0.3, 0.4) is 0 Å². The summed E-state index contributed by atoms with van der Waals surface area (Å²) in [6.45, 7) is 8.64. The summed E-state index contributed by atoms with van der Waals surface area (Å²) in [5.41, 5.74) is 0. The summed E-state index contributed by atoms with van der Waals surface area (Å²) in [6, 6.07) is 0. The molecule has 2 aliphatic rings. The van der Waals surface area contributed by atoms with Gasteiger partial charge in [0.2, 0.25) is 8.77 Å². The lowest BCUT2D eigenvalue weighted by Crippen LogP contribution is -2.23. The first-order valence-corrected chi connectivity index (χ1v) is 15.5. The number of fused-ring (bicyclic) bond motifs is 2. The lowest BCUT2D eigenvalue weighted by molar-refractivity contribution is 0.209. The Labute approximate surface area is 214 Å². The second-order valence-corrected chi connectivity index (χ2v) is 13.8. The fourth-order valence-corrected chi connectivity index (χ4v) is 9.62. The maximum absolute atomic E-state index is 6.01. The molecule has 6 atom stereocenters. The summed E-state index contributed by atoms with van der Waals surface area (Å²) in [6.07, 6.45) is 16.7. The molecule has 178 valence electrons. The topological polar surface area (TPSA) is 18.5 Å². The van der Waals surface area contributed by atoms with Gasteiger partial charge >= 0.3 is 0 Å². The van der Waals surface area contributed by atoms with Crippen LogP contribution in [0.1, 0.15) is 91.9 Å². The zero-order chi connectivity index (χ0) is 22.6. The molecule has 31 heavy (non-hydrogen) atoms. The van der Waals surface area contributed by atoms with E-state index in [-0.39, 0.29) is 12.2 Å². The molecule has 2 nitrogen and oxygen atoms in total. The number of hydrogen-bond donors (Lipinski definition) is 0. The molecule has 6 unspecified atom stereocenters. The monoisotopic (exact) mass is 520 g/mol. The van der Waals surface area contributed by atoms with Gasteiger partial charge in [-0.3, -0.25) is 0 Å². The average molecular weight is 521 g/mol. The van der Waals surface area contributed by atoms with E-state index in [9.17, 15) is 0 Å². The van der Waals surface area contributed by atoms with E-state index in [2.05, 4.69) is 51.6 Å². The highest BCUT2D eigenvalue weighted by atomic mass is 32.2. The zero-order valence-corrected chi connectivity index (χ0v) is 23.6. The fraction of sp³-hybridized carbons (Fsp3) is 0.833. The van der Waals surface area contributed by atoms with Gasteiger partial charge in [0, 0.05) is 21.0 Å². The van der Waals surface area contributed by atoms with E-state index in [1.165, 1.54) is 25.7 Å². The van der Waals surface area contributed by atoms with Gasteiger partial charge in [-0.2, -0.15) is 11.8 Å². The minimum absolute atomic E-state index is 0.216. The molecule has 1 fully saturated rings. The molecule has 1 saturated heterocycles. The highest BCUT2D eigenvalue weighted by molar-refractivity contribution is 8.24. The van der Waals surface area contributed by atoms with Gasteiger partial charge in [0.05, 0.1) is 12.2 Å². The first kappa shape index (κ1) is 27.8. The normalized spacial score (nSPS) is 28.4. The van der Waals surface area contributed by atoms with E-state index >= 15 is 0 Å². The Morgan fingerprint density at radius 1 is 0.839 bits per heavy atom. The van der Waals surface area contributed by atoms with E-state index in [0.717, 1.165) is 47.3 Å². The predicted octanol–water partition coefficient (Wildman–Crippen LogP) is 8.56. The molecule has 2 bridgehead atoms. The fourth-order valence-electron chi connectivity index (χ4n) is 4.20.